The molecule has 1 rings (SSSR count). The van der Waals surface area contributed by atoms with E-state index >= 15 is 0 Å². The monoisotopic (exact) mass is 264 g/mol. The van der Waals surface area contributed by atoms with E-state index in [1.165, 1.54) is 0 Å². The third-order valence-electron chi connectivity index (χ3n) is 2.99. The van der Waals surface area contributed by atoms with Gasteiger partial charge >= 0.3 is 0 Å². The number of nitrogen functional groups attached to an aromatic ring is 1. The minimum absolute atomic E-state index is 0.0984. The molecule has 0 aliphatic heterocycles. The number of carbonyl (C=O) groups is 1. The summed E-state index contributed by atoms with van der Waals surface area (Å²) >= 11 is 0. The number of anilines is 1. The van der Waals surface area contributed by atoms with Crippen molar-refractivity contribution in [2.45, 2.75) is 52.5 Å². The Bertz CT molecular complexity index is 451. The van der Waals surface area contributed by atoms with Crippen LogP contribution in [0, 0.1) is 0 Å². The van der Waals surface area contributed by atoms with Crippen molar-refractivity contribution in [1.82, 2.24) is 10.3 Å². The van der Waals surface area contributed by atoms with Gasteiger partial charge in [0.1, 0.15) is 5.82 Å². The average molecular weight is 264 g/mol. The molecule has 5 nitrogen and oxygen atoms in total. The van der Waals surface area contributed by atoms with Gasteiger partial charge in [0.05, 0.1) is 0 Å². The summed E-state index contributed by atoms with van der Waals surface area (Å²) in [4.78, 5) is 16.5. The molecule has 4 N–H and O–H groups in total. The first kappa shape index (κ1) is 15.4. The zero-order valence-corrected chi connectivity index (χ0v) is 12.4. The summed E-state index contributed by atoms with van der Waals surface area (Å²) in [5.74, 6) is 5.82. The van der Waals surface area contributed by atoms with E-state index in [4.69, 9.17) is 5.84 Å². The Labute approximate surface area is 115 Å². The van der Waals surface area contributed by atoms with E-state index in [1.807, 2.05) is 40.7 Å². The zero-order chi connectivity index (χ0) is 14.6. The second-order valence-corrected chi connectivity index (χ2v) is 5.80. The van der Waals surface area contributed by atoms with Crippen LogP contribution in [0.15, 0.2) is 12.1 Å². The molecular weight excluding hydrogens is 240 g/mol. The summed E-state index contributed by atoms with van der Waals surface area (Å²) in [5.41, 5.74) is 3.78. The summed E-state index contributed by atoms with van der Waals surface area (Å²) in [5, 5.41) is 2.94. The fourth-order valence-corrected chi connectivity index (χ4v) is 1.53. The summed E-state index contributed by atoms with van der Waals surface area (Å²) in [6, 6.07) is 3.62. The van der Waals surface area contributed by atoms with E-state index < -0.39 is 0 Å². The quantitative estimate of drug-likeness (QED) is 0.575. The summed E-state index contributed by atoms with van der Waals surface area (Å²) < 4.78 is 0. The van der Waals surface area contributed by atoms with E-state index in [0.29, 0.717) is 11.4 Å². The van der Waals surface area contributed by atoms with Crippen LogP contribution < -0.4 is 16.6 Å². The Morgan fingerprint density at radius 3 is 2.53 bits per heavy atom. The van der Waals surface area contributed by atoms with Crippen molar-refractivity contribution in [3.8, 4) is 0 Å². The zero-order valence-electron chi connectivity index (χ0n) is 12.4. The Morgan fingerprint density at radius 2 is 2.05 bits per heavy atom. The molecule has 1 atom stereocenters. The number of nitrogens with zero attached hydrogens (tertiary/aromatic N) is 1. The molecule has 0 aliphatic carbocycles. The van der Waals surface area contributed by atoms with Crippen LogP contribution in [-0.2, 0) is 5.41 Å². The van der Waals surface area contributed by atoms with Gasteiger partial charge in [-0.1, -0.05) is 27.7 Å². The van der Waals surface area contributed by atoms with Gasteiger partial charge in [-0.15, -0.1) is 0 Å². The van der Waals surface area contributed by atoms with Crippen molar-refractivity contribution in [2.75, 3.05) is 5.43 Å². The normalized spacial score (nSPS) is 12.9. The SMILES string of the molecule is CCC(C)NC(=O)c1cc(NN)nc(C(C)(C)C)c1. The predicted octanol–water partition coefficient (Wildman–Crippen LogP) is 2.19. The number of pyridine rings is 1. The van der Waals surface area contributed by atoms with Crippen LogP contribution in [0.1, 0.15) is 57.1 Å². The van der Waals surface area contributed by atoms with E-state index in [2.05, 4.69) is 15.7 Å². The standard InChI is InChI=1S/C14H24N4O/c1-6-9(2)16-13(19)10-7-11(14(3,4)5)17-12(8-10)18-15/h7-9H,6,15H2,1-5H3,(H,16,19)(H,17,18). The van der Waals surface area contributed by atoms with E-state index in [-0.39, 0.29) is 17.4 Å². The van der Waals surface area contributed by atoms with Crippen LogP contribution in [0.2, 0.25) is 0 Å². The van der Waals surface area contributed by atoms with Crippen LogP contribution >= 0.6 is 0 Å². The maximum Gasteiger partial charge on any atom is 0.251 e. The molecule has 0 aromatic carbocycles. The molecular formula is C14H24N4O. The maximum absolute atomic E-state index is 12.2. The van der Waals surface area contributed by atoms with E-state index in [1.54, 1.807) is 6.07 Å². The predicted molar refractivity (Wildman–Crippen MR) is 78.0 cm³/mol. The lowest BCUT2D eigenvalue weighted by Gasteiger charge is -2.20. The van der Waals surface area contributed by atoms with Gasteiger partial charge in [-0.05, 0) is 25.5 Å². The molecule has 0 bridgehead atoms. The van der Waals surface area contributed by atoms with E-state index in [9.17, 15) is 4.79 Å². The van der Waals surface area contributed by atoms with Gasteiger partial charge in [-0.2, -0.15) is 0 Å². The van der Waals surface area contributed by atoms with E-state index in [0.717, 1.165) is 12.1 Å². The first-order valence-electron chi connectivity index (χ1n) is 6.58. The third-order valence-corrected chi connectivity index (χ3v) is 2.99. The number of carbonyl (C=O) groups excluding carboxylic acids is 1. The van der Waals surface area contributed by atoms with Crippen LogP contribution in [0.4, 0.5) is 5.82 Å². The van der Waals surface area contributed by atoms with Crippen molar-refractivity contribution in [1.29, 1.82) is 0 Å². The van der Waals surface area contributed by atoms with Crippen molar-refractivity contribution in [2.24, 2.45) is 5.84 Å². The van der Waals surface area contributed by atoms with Gasteiger partial charge < -0.3 is 10.7 Å². The highest BCUT2D eigenvalue weighted by atomic mass is 16.1. The molecule has 19 heavy (non-hydrogen) atoms. The van der Waals surface area contributed by atoms with Crippen molar-refractivity contribution < 1.29 is 4.79 Å². The second-order valence-electron chi connectivity index (χ2n) is 5.80. The lowest BCUT2D eigenvalue weighted by Crippen LogP contribution is -2.32. The number of hydrazine groups is 1. The smallest absolute Gasteiger partial charge is 0.251 e. The molecule has 0 fully saturated rings. The van der Waals surface area contributed by atoms with Crippen LogP contribution in [0.3, 0.4) is 0 Å². The van der Waals surface area contributed by atoms with Gasteiger partial charge in [0.15, 0.2) is 0 Å². The van der Waals surface area contributed by atoms with Gasteiger partial charge in [0, 0.05) is 22.7 Å². The number of nitrogens with one attached hydrogen (secondary N) is 2. The highest BCUT2D eigenvalue weighted by Gasteiger charge is 2.19. The minimum Gasteiger partial charge on any atom is -0.350 e. The van der Waals surface area contributed by atoms with Gasteiger partial charge in [0.25, 0.3) is 5.91 Å². The van der Waals surface area contributed by atoms with Crippen LogP contribution in [0.25, 0.3) is 0 Å². The molecule has 1 unspecified atom stereocenters. The number of rotatable bonds is 4. The molecule has 106 valence electrons. The first-order chi connectivity index (χ1) is 8.77. The van der Waals surface area contributed by atoms with Gasteiger partial charge in [0.2, 0.25) is 0 Å². The number of hydrogen-bond acceptors (Lipinski definition) is 4. The van der Waals surface area contributed by atoms with Crippen molar-refractivity contribution >= 4 is 11.7 Å². The first-order valence-corrected chi connectivity index (χ1v) is 6.58. The highest BCUT2D eigenvalue weighted by Crippen LogP contribution is 2.23. The Morgan fingerprint density at radius 1 is 1.42 bits per heavy atom. The Kier molecular flexibility index (Phi) is 4.89. The number of amides is 1. The highest BCUT2D eigenvalue weighted by molar-refractivity contribution is 5.95. The summed E-state index contributed by atoms with van der Waals surface area (Å²) in [6.07, 6.45) is 0.894. The lowest BCUT2D eigenvalue weighted by molar-refractivity contribution is 0.0939. The largest absolute Gasteiger partial charge is 0.350 e. The molecule has 1 aromatic heterocycles. The molecule has 0 radical (unpaired) electrons. The molecule has 0 spiro atoms. The van der Waals surface area contributed by atoms with Crippen molar-refractivity contribution in [3.63, 3.8) is 0 Å². The maximum atomic E-state index is 12.2. The summed E-state index contributed by atoms with van der Waals surface area (Å²) in [6.45, 7) is 10.2. The third kappa shape index (κ3) is 4.21. The Balaban J connectivity index is 3.10. The fourth-order valence-electron chi connectivity index (χ4n) is 1.53. The minimum atomic E-state index is -0.141. The number of hydrogen-bond donors (Lipinski definition) is 3. The molecule has 1 amide bonds. The molecule has 0 aliphatic rings. The second kappa shape index (κ2) is 6.02. The molecule has 0 saturated heterocycles. The van der Waals surface area contributed by atoms with Gasteiger partial charge in [-0.25, -0.2) is 10.8 Å². The summed E-state index contributed by atoms with van der Waals surface area (Å²) in [7, 11) is 0. The molecule has 0 saturated carbocycles. The molecule has 5 heteroatoms. The lowest BCUT2D eigenvalue weighted by atomic mass is 9.90. The topological polar surface area (TPSA) is 80.0 Å². The number of aromatic nitrogens is 1. The number of nitrogens with two attached hydrogens (primary N) is 1. The molecule has 1 heterocycles. The van der Waals surface area contributed by atoms with Gasteiger partial charge in [-0.3, -0.25) is 4.79 Å². The van der Waals surface area contributed by atoms with Crippen molar-refractivity contribution in [3.05, 3.63) is 23.4 Å². The fraction of sp³-hybridized carbons (Fsp3) is 0.571. The van der Waals surface area contributed by atoms with Crippen LogP contribution in [0.5, 0.6) is 0 Å². The molecule has 1 aromatic rings. The van der Waals surface area contributed by atoms with Crippen LogP contribution in [-0.4, -0.2) is 16.9 Å². The average Bonchev–Trinajstić information content (AvgIpc) is 2.36. The Hall–Kier alpha value is -1.62.